The van der Waals surface area contributed by atoms with Crippen molar-refractivity contribution in [3.63, 3.8) is 0 Å². The molecule has 4 nitrogen and oxygen atoms in total. The molecule has 0 bridgehead atoms. The largest absolute Gasteiger partial charge is 0.494 e. The van der Waals surface area contributed by atoms with Crippen LogP contribution in [-0.2, 0) is 0 Å². The highest BCUT2D eigenvalue weighted by Gasteiger charge is 2.33. The van der Waals surface area contributed by atoms with E-state index in [1.54, 1.807) is 0 Å². The average molecular weight is 290 g/mol. The summed E-state index contributed by atoms with van der Waals surface area (Å²) in [4.78, 5) is 14.7. The number of ether oxygens (including phenoxy) is 1. The summed E-state index contributed by atoms with van der Waals surface area (Å²) in [6.45, 7) is 6.02. The first-order chi connectivity index (χ1) is 10.2. The van der Waals surface area contributed by atoms with Crippen LogP contribution in [0.25, 0.3) is 0 Å². The zero-order chi connectivity index (χ0) is 15.2. The van der Waals surface area contributed by atoms with Crippen LogP contribution in [0.4, 0.5) is 0 Å². The Morgan fingerprint density at radius 1 is 1.29 bits per heavy atom. The second kappa shape index (κ2) is 7.46. The third-order valence-electron chi connectivity index (χ3n) is 4.34. The summed E-state index contributed by atoms with van der Waals surface area (Å²) in [5.41, 5.74) is 6.58. The number of benzene rings is 1. The van der Waals surface area contributed by atoms with E-state index < -0.39 is 0 Å². The van der Waals surface area contributed by atoms with Crippen molar-refractivity contribution < 1.29 is 9.53 Å². The minimum Gasteiger partial charge on any atom is -0.494 e. The van der Waals surface area contributed by atoms with Crippen LogP contribution in [0.5, 0.6) is 5.75 Å². The maximum absolute atomic E-state index is 12.7. The molecule has 0 radical (unpaired) electrons. The Kier molecular flexibility index (Phi) is 5.62. The molecule has 1 amide bonds. The molecule has 4 heteroatoms. The number of nitrogens with zero attached hydrogens (tertiary/aromatic N) is 1. The summed E-state index contributed by atoms with van der Waals surface area (Å²) in [6.07, 6.45) is 3.37. The Morgan fingerprint density at radius 3 is 2.57 bits per heavy atom. The predicted octanol–water partition coefficient (Wildman–Crippen LogP) is 2.67. The van der Waals surface area contributed by atoms with Crippen molar-refractivity contribution in [3.05, 3.63) is 29.8 Å². The molecule has 0 saturated heterocycles. The van der Waals surface area contributed by atoms with Gasteiger partial charge in [0, 0.05) is 18.2 Å². The molecular formula is C17H26N2O2. The van der Waals surface area contributed by atoms with Gasteiger partial charge >= 0.3 is 0 Å². The third-order valence-corrected chi connectivity index (χ3v) is 4.34. The first-order valence-corrected chi connectivity index (χ1v) is 7.95. The van der Waals surface area contributed by atoms with E-state index in [1.807, 2.05) is 43.0 Å². The Hall–Kier alpha value is -1.55. The third kappa shape index (κ3) is 3.56. The number of amides is 1. The van der Waals surface area contributed by atoms with Crippen molar-refractivity contribution in [2.24, 2.45) is 11.7 Å². The molecular weight excluding hydrogens is 264 g/mol. The molecule has 1 aliphatic rings. The van der Waals surface area contributed by atoms with Gasteiger partial charge in [0.1, 0.15) is 5.75 Å². The minimum atomic E-state index is 0.103. The van der Waals surface area contributed by atoms with Gasteiger partial charge in [-0.2, -0.15) is 0 Å². The van der Waals surface area contributed by atoms with Crippen LogP contribution in [0.3, 0.4) is 0 Å². The van der Waals surface area contributed by atoms with E-state index in [0.717, 1.165) is 30.7 Å². The van der Waals surface area contributed by atoms with E-state index in [2.05, 4.69) is 0 Å². The van der Waals surface area contributed by atoms with Crippen LogP contribution in [-0.4, -0.2) is 36.5 Å². The van der Waals surface area contributed by atoms with Crippen molar-refractivity contribution in [2.45, 2.75) is 39.2 Å². The van der Waals surface area contributed by atoms with Crippen molar-refractivity contribution in [1.82, 2.24) is 4.90 Å². The van der Waals surface area contributed by atoms with Gasteiger partial charge in [-0.25, -0.2) is 0 Å². The smallest absolute Gasteiger partial charge is 0.254 e. The highest BCUT2D eigenvalue weighted by atomic mass is 16.5. The lowest BCUT2D eigenvalue weighted by Gasteiger charge is -2.32. The molecule has 21 heavy (non-hydrogen) atoms. The molecule has 0 aliphatic heterocycles. The Balaban J connectivity index is 2.12. The molecule has 1 saturated carbocycles. The summed E-state index contributed by atoms with van der Waals surface area (Å²) in [5, 5.41) is 0. The van der Waals surface area contributed by atoms with E-state index in [-0.39, 0.29) is 5.91 Å². The van der Waals surface area contributed by atoms with E-state index >= 15 is 0 Å². The molecule has 1 aliphatic carbocycles. The fraction of sp³-hybridized carbons (Fsp3) is 0.588. The van der Waals surface area contributed by atoms with Crippen LogP contribution < -0.4 is 10.5 Å². The van der Waals surface area contributed by atoms with E-state index in [1.165, 1.54) is 6.42 Å². The Labute approximate surface area is 127 Å². The van der Waals surface area contributed by atoms with Crippen molar-refractivity contribution >= 4 is 5.91 Å². The van der Waals surface area contributed by atoms with Gasteiger partial charge in [0.15, 0.2) is 0 Å². The number of hydrogen-bond donors (Lipinski definition) is 1. The molecule has 1 aromatic carbocycles. The van der Waals surface area contributed by atoms with Gasteiger partial charge in [-0.1, -0.05) is 6.42 Å². The summed E-state index contributed by atoms with van der Waals surface area (Å²) in [5.74, 6) is 1.35. The molecule has 0 spiro atoms. The Morgan fingerprint density at radius 2 is 2.00 bits per heavy atom. The lowest BCUT2D eigenvalue weighted by molar-refractivity contribution is 0.0652. The maximum Gasteiger partial charge on any atom is 0.254 e. The van der Waals surface area contributed by atoms with Gasteiger partial charge < -0.3 is 15.4 Å². The van der Waals surface area contributed by atoms with Crippen LogP contribution in [0.2, 0.25) is 0 Å². The fourth-order valence-electron chi connectivity index (χ4n) is 3.26. The monoisotopic (exact) mass is 290 g/mol. The Bertz CT molecular complexity index is 458. The quantitative estimate of drug-likeness (QED) is 0.876. The lowest BCUT2D eigenvalue weighted by atomic mass is 10.0. The fourth-order valence-corrected chi connectivity index (χ4v) is 3.26. The zero-order valence-electron chi connectivity index (χ0n) is 13.0. The second-order valence-corrected chi connectivity index (χ2v) is 5.54. The maximum atomic E-state index is 12.7. The van der Waals surface area contributed by atoms with Crippen molar-refractivity contribution in [2.75, 3.05) is 19.7 Å². The zero-order valence-corrected chi connectivity index (χ0v) is 13.0. The van der Waals surface area contributed by atoms with Gasteiger partial charge in [-0.3, -0.25) is 4.79 Å². The predicted molar refractivity (Wildman–Crippen MR) is 84.5 cm³/mol. The standard InChI is InChI=1S/C17H26N2O2/c1-3-19(16-7-5-6-14(16)12-18)17(20)13-8-10-15(11-9-13)21-4-2/h8-11,14,16H,3-7,12,18H2,1-2H3. The number of hydrogen-bond acceptors (Lipinski definition) is 3. The van der Waals surface area contributed by atoms with Gasteiger partial charge in [0.25, 0.3) is 5.91 Å². The van der Waals surface area contributed by atoms with E-state index in [4.69, 9.17) is 10.5 Å². The SMILES string of the molecule is CCOc1ccc(C(=O)N(CC)C2CCCC2CN)cc1. The molecule has 0 aromatic heterocycles. The first-order valence-electron chi connectivity index (χ1n) is 7.95. The number of rotatable bonds is 6. The summed E-state index contributed by atoms with van der Waals surface area (Å²) < 4.78 is 5.42. The molecule has 0 heterocycles. The molecule has 2 atom stereocenters. The second-order valence-electron chi connectivity index (χ2n) is 5.54. The normalized spacial score (nSPS) is 21.3. The van der Waals surface area contributed by atoms with Crippen molar-refractivity contribution in [3.8, 4) is 5.75 Å². The lowest BCUT2D eigenvalue weighted by Crippen LogP contribution is -2.44. The topological polar surface area (TPSA) is 55.6 Å². The van der Waals surface area contributed by atoms with Crippen LogP contribution in [0, 0.1) is 5.92 Å². The first kappa shape index (κ1) is 15.8. The van der Waals surface area contributed by atoms with E-state index in [9.17, 15) is 4.79 Å². The van der Waals surface area contributed by atoms with Gasteiger partial charge in [-0.05, 0) is 63.4 Å². The molecule has 116 valence electrons. The van der Waals surface area contributed by atoms with Crippen LogP contribution in [0.15, 0.2) is 24.3 Å². The van der Waals surface area contributed by atoms with Crippen molar-refractivity contribution in [1.29, 1.82) is 0 Å². The minimum absolute atomic E-state index is 0.103. The number of carbonyl (C=O) groups is 1. The number of nitrogens with two attached hydrogens (primary N) is 1. The molecule has 1 fully saturated rings. The molecule has 1 aromatic rings. The van der Waals surface area contributed by atoms with Gasteiger partial charge in [-0.15, -0.1) is 0 Å². The van der Waals surface area contributed by atoms with Gasteiger partial charge in [0.2, 0.25) is 0 Å². The average Bonchev–Trinajstić information content (AvgIpc) is 2.97. The summed E-state index contributed by atoms with van der Waals surface area (Å²) in [7, 11) is 0. The number of carbonyl (C=O) groups excluding carboxylic acids is 1. The summed E-state index contributed by atoms with van der Waals surface area (Å²) >= 11 is 0. The molecule has 2 unspecified atom stereocenters. The molecule has 2 N–H and O–H groups in total. The van der Waals surface area contributed by atoms with E-state index in [0.29, 0.717) is 25.1 Å². The summed E-state index contributed by atoms with van der Waals surface area (Å²) in [6, 6.07) is 7.71. The molecule has 2 rings (SSSR count). The highest BCUT2D eigenvalue weighted by molar-refractivity contribution is 5.94. The van der Waals surface area contributed by atoms with Gasteiger partial charge in [0.05, 0.1) is 6.61 Å². The van der Waals surface area contributed by atoms with Crippen LogP contribution >= 0.6 is 0 Å². The van der Waals surface area contributed by atoms with Crippen LogP contribution in [0.1, 0.15) is 43.5 Å². The highest BCUT2D eigenvalue weighted by Crippen LogP contribution is 2.30.